The van der Waals surface area contributed by atoms with Gasteiger partial charge in [0, 0.05) is 25.0 Å². The Balaban J connectivity index is 1.83. The number of amides is 1. The molecule has 0 unspecified atom stereocenters. The Morgan fingerprint density at radius 2 is 2.17 bits per heavy atom. The van der Waals surface area contributed by atoms with Gasteiger partial charge < -0.3 is 10.2 Å². The third-order valence-corrected chi connectivity index (χ3v) is 4.17. The number of hydrogen-bond donors (Lipinski definition) is 1. The van der Waals surface area contributed by atoms with Crippen molar-refractivity contribution in [3.05, 3.63) is 42.4 Å². The van der Waals surface area contributed by atoms with E-state index in [9.17, 15) is 4.79 Å². The fourth-order valence-corrected chi connectivity index (χ4v) is 3.03. The molecule has 2 aromatic rings. The molecule has 1 aliphatic rings. The molecule has 3 rings (SSSR count). The summed E-state index contributed by atoms with van der Waals surface area (Å²) in [5, 5.41) is 7.53. The van der Waals surface area contributed by atoms with Crippen molar-refractivity contribution in [2.75, 3.05) is 19.6 Å². The van der Waals surface area contributed by atoms with Gasteiger partial charge in [0.25, 0.3) is 5.91 Å². The highest BCUT2D eigenvalue weighted by Crippen LogP contribution is 2.16. The number of nitrogens with one attached hydrogen (secondary N) is 1. The molecule has 1 aliphatic heterocycles. The van der Waals surface area contributed by atoms with E-state index in [4.69, 9.17) is 0 Å². The molecule has 122 valence electrons. The van der Waals surface area contributed by atoms with E-state index in [0.717, 1.165) is 38.9 Å². The van der Waals surface area contributed by atoms with Gasteiger partial charge in [0.1, 0.15) is 5.69 Å². The number of rotatable bonds is 5. The second-order valence-electron chi connectivity index (χ2n) is 5.81. The van der Waals surface area contributed by atoms with E-state index < -0.39 is 0 Å². The standard InChI is InChI=1S/C17H23N5O/c1-2-12-21(14-7-10-18-11-8-14)17(23)15-5-3-6-16(20-15)22-13-4-9-19-22/h3-6,9,13-14,18H,2,7-8,10-12H2,1H3. The van der Waals surface area contributed by atoms with Crippen LogP contribution in [0.25, 0.3) is 5.82 Å². The highest BCUT2D eigenvalue weighted by Gasteiger charge is 2.26. The molecule has 6 nitrogen and oxygen atoms in total. The minimum absolute atomic E-state index is 0.0211. The van der Waals surface area contributed by atoms with Crippen LogP contribution >= 0.6 is 0 Å². The highest BCUT2D eigenvalue weighted by atomic mass is 16.2. The van der Waals surface area contributed by atoms with E-state index in [1.807, 2.05) is 29.3 Å². The fraction of sp³-hybridized carbons (Fsp3) is 0.471. The largest absolute Gasteiger partial charge is 0.334 e. The van der Waals surface area contributed by atoms with E-state index in [-0.39, 0.29) is 5.91 Å². The number of piperidine rings is 1. The fourth-order valence-electron chi connectivity index (χ4n) is 3.03. The molecule has 1 amide bonds. The number of carbonyl (C=O) groups is 1. The van der Waals surface area contributed by atoms with Crippen molar-refractivity contribution in [1.29, 1.82) is 0 Å². The minimum atomic E-state index is 0.0211. The zero-order valence-electron chi connectivity index (χ0n) is 13.5. The molecule has 0 radical (unpaired) electrons. The topological polar surface area (TPSA) is 63.1 Å². The first-order valence-corrected chi connectivity index (χ1v) is 8.28. The molecular weight excluding hydrogens is 290 g/mol. The van der Waals surface area contributed by atoms with Crippen molar-refractivity contribution in [1.82, 2.24) is 25.0 Å². The summed E-state index contributed by atoms with van der Waals surface area (Å²) in [6.45, 7) is 4.82. The van der Waals surface area contributed by atoms with Gasteiger partial charge in [-0.05, 0) is 50.6 Å². The third kappa shape index (κ3) is 3.59. The van der Waals surface area contributed by atoms with Gasteiger partial charge in [-0.1, -0.05) is 13.0 Å². The van der Waals surface area contributed by atoms with Crippen molar-refractivity contribution in [2.24, 2.45) is 0 Å². The summed E-state index contributed by atoms with van der Waals surface area (Å²) in [6.07, 6.45) is 6.49. The minimum Gasteiger partial charge on any atom is -0.334 e. The molecule has 0 spiro atoms. The van der Waals surface area contributed by atoms with Crippen LogP contribution in [-0.2, 0) is 0 Å². The summed E-state index contributed by atoms with van der Waals surface area (Å²) in [4.78, 5) is 19.5. The number of pyridine rings is 1. The summed E-state index contributed by atoms with van der Waals surface area (Å²) in [5.41, 5.74) is 0.491. The van der Waals surface area contributed by atoms with E-state index in [2.05, 4.69) is 22.3 Å². The lowest BCUT2D eigenvalue weighted by atomic mass is 10.0. The van der Waals surface area contributed by atoms with Crippen LogP contribution in [0, 0.1) is 0 Å². The number of aromatic nitrogens is 3. The van der Waals surface area contributed by atoms with Gasteiger partial charge in [0.15, 0.2) is 5.82 Å². The van der Waals surface area contributed by atoms with Crippen LogP contribution in [0.2, 0.25) is 0 Å². The van der Waals surface area contributed by atoms with Gasteiger partial charge >= 0.3 is 0 Å². The first-order valence-electron chi connectivity index (χ1n) is 8.28. The second-order valence-corrected chi connectivity index (χ2v) is 5.81. The van der Waals surface area contributed by atoms with Crippen LogP contribution in [0.1, 0.15) is 36.7 Å². The Bertz CT molecular complexity index is 634. The molecule has 3 heterocycles. The molecule has 1 N–H and O–H groups in total. The van der Waals surface area contributed by atoms with E-state index in [0.29, 0.717) is 17.6 Å². The van der Waals surface area contributed by atoms with Crippen molar-refractivity contribution in [3.8, 4) is 5.82 Å². The van der Waals surface area contributed by atoms with E-state index in [1.165, 1.54) is 0 Å². The molecule has 1 fully saturated rings. The summed E-state index contributed by atoms with van der Waals surface area (Å²) < 4.78 is 1.67. The van der Waals surface area contributed by atoms with E-state index in [1.54, 1.807) is 16.9 Å². The zero-order chi connectivity index (χ0) is 16.1. The van der Waals surface area contributed by atoms with Crippen LogP contribution in [0.15, 0.2) is 36.7 Å². The van der Waals surface area contributed by atoms with Crippen LogP contribution in [-0.4, -0.2) is 51.2 Å². The highest BCUT2D eigenvalue weighted by molar-refractivity contribution is 5.92. The van der Waals surface area contributed by atoms with Crippen molar-refractivity contribution in [2.45, 2.75) is 32.2 Å². The smallest absolute Gasteiger partial charge is 0.272 e. The predicted octanol–water partition coefficient (Wildman–Crippen LogP) is 1.87. The first kappa shape index (κ1) is 15.7. The number of nitrogens with zero attached hydrogens (tertiary/aromatic N) is 4. The summed E-state index contributed by atoms with van der Waals surface area (Å²) in [7, 11) is 0. The molecule has 0 aliphatic carbocycles. The lowest BCUT2D eigenvalue weighted by molar-refractivity contribution is 0.0636. The van der Waals surface area contributed by atoms with Gasteiger partial charge in [-0.25, -0.2) is 9.67 Å². The van der Waals surface area contributed by atoms with Crippen molar-refractivity contribution < 1.29 is 4.79 Å². The zero-order valence-corrected chi connectivity index (χ0v) is 13.5. The maximum atomic E-state index is 13.0. The van der Waals surface area contributed by atoms with Gasteiger partial charge in [-0.15, -0.1) is 0 Å². The average molecular weight is 313 g/mol. The summed E-state index contributed by atoms with van der Waals surface area (Å²) >= 11 is 0. The molecule has 23 heavy (non-hydrogen) atoms. The maximum absolute atomic E-state index is 13.0. The van der Waals surface area contributed by atoms with Crippen LogP contribution in [0.5, 0.6) is 0 Å². The van der Waals surface area contributed by atoms with Gasteiger partial charge in [-0.3, -0.25) is 4.79 Å². The summed E-state index contributed by atoms with van der Waals surface area (Å²) in [6, 6.07) is 7.66. The average Bonchev–Trinajstić information content (AvgIpc) is 3.15. The molecule has 0 saturated carbocycles. The number of hydrogen-bond acceptors (Lipinski definition) is 4. The molecule has 1 saturated heterocycles. The molecule has 0 aromatic carbocycles. The third-order valence-electron chi connectivity index (χ3n) is 4.17. The number of carbonyl (C=O) groups excluding carboxylic acids is 1. The van der Waals surface area contributed by atoms with Gasteiger partial charge in [0.2, 0.25) is 0 Å². The van der Waals surface area contributed by atoms with Crippen molar-refractivity contribution in [3.63, 3.8) is 0 Å². The van der Waals surface area contributed by atoms with Crippen molar-refractivity contribution >= 4 is 5.91 Å². The molecular formula is C17H23N5O. The molecule has 2 aromatic heterocycles. The quantitative estimate of drug-likeness (QED) is 0.915. The molecule has 6 heteroatoms. The Hall–Kier alpha value is -2.21. The molecule has 0 bridgehead atoms. The SMILES string of the molecule is CCCN(C(=O)c1cccc(-n2cccn2)n1)C1CCNCC1. The normalized spacial score (nSPS) is 15.5. The Labute approximate surface area is 136 Å². The van der Waals surface area contributed by atoms with Gasteiger partial charge in [-0.2, -0.15) is 5.10 Å². The first-order chi connectivity index (χ1) is 11.3. The van der Waals surface area contributed by atoms with Crippen LogP contribution < -0.4 is 5.32 Å². The Morgan fingerprint density at radius 3 is 2.87 bits per heavy atom. The van der Waals surface area contributed by atoms with E-state index >= 15 is 0 Å². The molecule has 0 atom stereocenters. The predicted molar refractivity (Wildman–Crippen MR) is 88.6 cm³/mol. The van der Waals surface area contributed by atoms with Crippen LogP contribution in [0.4, 0.5) is 0 Å². The second kappa shape index (κ2) is 7.37. The summed E-state index contributed by atoms with van der Waals surface area (Å²) in [5.74, 6) is 0.690. The Kier molecular flexibility index (Phi) is 5.02. The lowest BCUT2D eigenvalue weighted by Gasteiger charge is -2.34. The van der Waals surface area contributed by atoms with Gasteiger partial charge in [0.05, 0.1) is 0 Å². The van der Waals surface area contributed by atoms with Crippen LogP contribution in [0.3, 0.4) is 0 Å². The monoisotopic (exact) mass is 313 g/mol. The Morgan fingerprint density at radius 1 is 1.35 bits per heavy atom. The maximum Gasteiger partial charge on any atom is 0.272 e. The lowest BCUT2D eigenvalue weighted by Crippen LogP contribution is -2.46.